The van der Waals surface area contributed by atoms with Crippen LogP contribution in [0.2, 0.25) is 0 Å². The normalized spacial score (nSPS) is 37.9. The molecule has 0 saturated heterocycles. The maximum Gasteiger partial charge on any atom is 0.160 e. The molecule has 0 radical (unpaired) electrons. The van der Waals surface area contributed by atoms with Crippen molar-refractivity contribution in [3.63, 3.8) is 0 Å². The molecule has 0 aromatic heterocycles. The lowest BCUT2D eigenvalue weighted by Crippen LogP contribution is -2.42. The molecule has 1 saturated carbocycles. The second-order valence-electron chi connectivity index (χ2n) is 11.2. The number of rotatable bonds is 4. The molecule has 4 rings (SSSR count). The van der Waals surface area contributed by atoms with E-state index >= 15 is 0 Å². The van der Waals surface area contributed by atoms with E-state index in [1.807, 2.05) is 6.08 Å². The summed E-state index contributed by atoms with van der Waals surface area (Å²) in [5.74, 6) is 2.98. The fourth-order valence-electron chi connectivity index (χ4n) is 6.67. The second-order valence-corrected chi connectivity index (χ2v) is 11.2. The highest BCUT2D eigenvalue weighted by atomic mass is 16.1. The molecule has 4 aliphatic rings. The summed E-state index contributed by atoms with van der Waals surface area (Å²) in [4.78, 5) is 25.4. The van der Waals surface area contributed by atoms with Crippen LogP contribution >= 0.6 is 0 Å². The molecule has 30 heavy (non-hydrogen) atoms. The van der Waals surface area contributed by atoms with Crippen LogP contribution in [0.3, 0.4) is 0 Å². The van der Waals surface area contributed by atoms with E-state index in [0.29, 0.717) is 48.2 Å². The van der Waals surface area contributed by atoms with Crippen molar-refractivity contribution in [2.24, 2.45) is 40.4 Å². The molecule has 4 aliphatic carbocycles. The largest absolute Gasteiger partial charge is 0.295 e. The lowest BCUT2D eigenvalue weighted by Gasteiger charge is -2.50. The summed E-state index contributed by atoms with van der Waals surface area (Å²) >= 11 is 0. The van der Waals surface area contributed by atoms with Gasteiger partial charge in [-0.1, -0.05) is 65.8 Å². The average Bonchev–Trinajstić information content (AvgIpc) is 2.97. The van der Waals surface area contributed by atoms with Crippen LogP contribution in [0.15, 0.2) is 47.1 Å². The van der Waals surface area contributed by atoms with E-state index in [-0.39, 0.29) is 16.6 Å². The lowest BCUT2D eigenvalue weighted by atomic mass is 9.53. The first-order valence-electron chi connectivity index (χ1n) is 12.0. The topological polar surface area (TPSA) is 34.1 Å². The van der Waals surface area contributed by atoms with E-state index in [4.69, 9.17) is 0 Å². The third-order valence-corrected chi connectivity index (χ3v) is 9.17. The zero-order valence-corrected chi connectivity index (χ0v) is 19.6. The number of hydrogen-bond acceptors (Lipinski definition) is 2. The Kier molecular flexibility index (Phi) is 5.36. The van der Waals surface area contributed by atoms with Crippen LogP contribution in [0.25, 0.3) is 0 Å². The molecule has 0 aliphatic heterocycles. The number of fused-ring (bicyclic) bond motifs is 4. The van der Waals surface area contributed by atoms with Gasteiger partial charge < -0.3 is 0 Å². The van der Waals surface area contributed by atoms with E-state index in [2.05, 4.69) is 65.8 Å². The van der Waals surface area contributed by atoms with E-state index in [1.165, 1.54) is 11.1 Å². The van der Waals surface area contributed by atoms with Crippen molar-refractivity contribution >= 4 is 11.6 Å². The lowest BCUT2D eigenvalue weighted by molar-refractivity contribution is -0.116. The summed E-state index contributed by atoms with van der Waals surface area (Å²) in [7, 11) is 0. The van der Waals surface area contributed by atoms with Gasteiger partial charge in [0.2, 0.25) is 0 Å². The predicted molar refractivity (Wildman–Crippen MR) is 123 cm³/mol. The van der Waals surface area contributed by atoms with Gasteiger partial charge in [0.25, 0.3) is 0 Å². The van der Waals surface area contributed by atoms with Gasteiger partial charge in [-0.05, 0) is 71.5 Å². The molecular formula is C28H38O2. The summed E-state index contributed by atoms with van der Waals surface area (Å²) in [6.07, 6.45) is 15.3. The van der Waals surface area contributed by atoms with Gasteiger partial charge in [0.1, 0.15) is 0 Å². The maximum absolute atomic E-state index is 13.4. The smallest absolute Gasteiger partial charge is 0.160 e. The fourth-order valence-corrected chi connectivity index (χ4v) is 6.67. The van der Waals surface area contributed by atoms with Crippen LogP contribution in [0.4, 0.5) is 0 Å². The van der Waals surface area contributed by atoms with Gasteiger partial charge in [-0.25, -0.2) is 0 Å². The summed E-state index contributed by atoms with van der Waals surface area (Å²) in [5.41, 5.74) is 3.56. The number of hydrogen-bond donors (Lipinski definition) is 0. The highest BCUT2D eigenvalue weighted by Crippen LogP contribution is 2.62. The van der Waals surface area contributed by atoms with Crippen LogP contribution in [0.1, 0.15) is 73.6 Å². The van der Waals surface area contributed by atoms with E-state index in [1.54, 1.807) is 0 Å². The molecule has 0 bridgehead atoms. The SMILES string of the molecule is CC(C)C(C)C=CC(C)C1CC(=O)C2=C3C=CC4=CC(=O)CCC4(C)C3CCC21C. The molecular weight excluding hydrogens is 368 g/mol. The maximum atomic E-state index is 13.4. The van der Waals surface area contributed by atoms with Gasteiger partial charge in [-0.2, -0.15) is 0 Å². The molecule has 162 valence electrons. The molecule has 6 atom stereocenters. The van der Waals surface area contributed by atoms with E-state index in [9.17, 15) is 9.59 Å². The molecule has 2 nitrogen and oxygen atoms in total. The Balaban J connectivity index is 1.71. The zero-order chi connectivity index (χ0) is 21.8. The van der Waals surface area contributed by atoms with Gasteiger partial charge in [0.05, 0.1) is 0 Å². The number of ketones is 2. The number of carbonyl (C=O) groups is 2. The Morgan fingerprint density at radius 1 is 1.00 bits per heavy atom. The van der Waals surface area contributed by atoms with Crippen molar-refractivity contribution in [2.45, 2.75) is 73.6 Å². The van der Waals surface area contributed by atoms with Crippen LogP contribution in [-0.2, 0) is 9.59 Å². The van der Waals surface area contributed by atoms with Crippen LogP contribution in [-0.4, -0.2) is 11.6 Å². The highest BCUT2D eigenvalue weighted by Gasteiger charge is 2.56. The van der Waals surface area contributed by atoms with Gasteiger partial charge >= 0.3 is 0 Å². The Morgan fingerprint density at radius 2 is 1.73 bits per heavy atom. The van der Waals surface area contributed by atoms with Crippen molar-refractivity contribution in [2.75, 3.05) is 0 Å². The first-order valence-corrected chi connectivity index (χ1v) is 12.0. The third kappa shape index (κ3) is 3.22. The molecule has 0 aromatic carbocycles. The standard InChI is InChI=1S/C28H38O2/c1-17(2)18(3)7-8-19(4)24-16-25(30)26-22-10-9-20-15-21(29)11-13-27(20,5)23(22)12-14-28(24,26)6/h7-10,15,17-19,23-24H,11-14,16H2,1-6H3. The Bertz CT molecular complexity index is 882. The molecule has 0 amide bonds. The zero-order valence-electron chi connectivity index (χ0n) is 19.6. The minimum absolute atomic E-state index is 0.00288. The van der Waals surface area contributed by atoms with Crippen molar-refractivity contribution < 1.29 is 9.59 Å². The first kappa shape index (κ1) is 21.5. The average molecular weight is 407 g/mol. The van der Waals surface area contributed by atoms with Gasteiger partial charge in [-0.15, -0.1) is 0 Å². The Labute approximate surface area is 182 Å². The van der Waals surface area contributed by atoms with Crippen LogP contribution in [0.5, 0.6) is 0 Å². The second kappa shape index (κ2) is 7.46. The molecule has 2 heteroatoms. The summed E-state index contributed by atoms with van der Waals surface area (Å²) < 4.78 is 0. The quantitative estimate of drug-likeness (QED) is 0.491. The van der Waals surface area contributed by atoms with Crippen molar-refractivity contribution in [1.82, 2.24) is 0 Å². The minimum atomic E-state index is -0.0276. The first-order chi connectivity index (χ1) is 14.1. The molecule has 0 spiro atoms. The fraction of sp³-hybridized carbons (Fsp3) is 0.643. The van der Waals surface area contributed by atoms with E-state index < -0.39 is 0 Å². The molecule has 0 heterocycles. The van der Waals surface area contributed by atoms with E-state index in [0.717, 1.165) is 24.8 Å². The minimum Gasteiger partial charge on any atom is -0.295 e. The van der Waals surface area contributed by atoms with Crippen molar-refractivity contribution in [3.05, 3.63) is 47.1 Å². The van der Waals surface area contributed by atoms with Crippen molar-refractivity contribution in [3.8, 4) is 0 Å². The van der Waals surface area contributed by atoms with Gasteiger partial charge in [0, 0.05) is 23.8 Å². The van der Waals surface area contributed by atoms with Crippen molar-refractivity contribution in [1.29, 1.82) is 0 Å². The highest BCUT2D eigenvalue weighted by molar-refractivity contribution is 6.01. The monoisotopic (exact) mass is 406 g/mol. The summed E-state index contributed by atoms with van der Waals surface area (Å²) in [6.45, 7) is 13.8. The molecule has 0 aromatic rings. The number of Topliss-reactive ketones (excluding diaryl/α,β-unsaturated/α-hetero) is 1. The molecule has 1 fully saturated rings. The summed E-state index contributed by atoms with van der Waals surface area (Å²) in [5, 5.41) is 0. The number of allylic oxidation sites excluding steroid dienone is 8. The van der Waals surface area contributed by atoms with Crippen LogP contribution in [0, 0.1) is 40.4 Å². The Hall–Kier alpha value is -1.70. The van der Waals surface area contributed by atoms with Gasteiger partial charge in [-0.3, -0.25) is 9.59 Å². The third-order valence-electron chi connectivity index (χ3n) is 9.17. The van der Waals surface area contributed by atoms with Crippen LogP contribution < -0.4 is 0 Å². The summed E-state index contributed by atoms with van der Waals surface area (Å²) in [6, 6.07) is 0. The Morgan fingerprint density at radius 3 is 2.43 bits per heavy atom. The van der Waals surface area contributed by atoms with Gasteiger partial charge in [0.15, 0.2) is 11.6 Å². The molecule has 6 unspecified atom stereocenters. The predicted octanol–water partition coefficient (Wildman–Crippen LogP) is 6.64. The molecule has 0 N–H and O–H groups in total. The number of carbonyl (C=O) groups excluding carboxylic acids is 2.